The van der Waals surface area contributed by atoms with E-state index in [9.17, 15) is 4.79 Å². The number of pyridine rings is 1. The van der Waals surface area contributed by atoms with E-state index in [0.29, 0.717) is 5.95 Å². The van der Waals surface area contributed by atoms with Gasteiger partial charge in [0.25, 0.3) is 0 Å². The standard InChI is InChI=1S/C18H18N4O/c1-21-16-8-4-3-7-15(16)20-18(21)22(2)17(23)14-10-13(14)12-6-5-9-19-11-12/h3-9,11,13-14H,10H2,1-2H3/t13-,14+/m0/s1. The summed E-state index contributed by atoms with van der Waals surface area (Å²) in [5.74, 6) is 1.13. The average molecular weight is 306 g/mol. The first-order valence-corrected chi connectivity index (χ1v) is 7.76. The smallest absolute Gasteiger partial charge is 0.232 e. The number of carbonyl (C=O) groups excluding carboxylic acids is 1. The Hall–Kier alpha value is -2.69. The molecule has 5 heteroatoms. The van der Waals surface area contributed by atoms with Gasteiger partial charge < -0.3 is 4.57 Å². The molecule has 0 radical (unpaired) electrons. The van der Waals surface area contributed by atoms with E-state index < -0.39 is 0 Å². The van der Waals surface area contributed by atoms with Gasteiger partial charge in [0, 0.05) is 32.4 Å². The molecule has 5 nitrogen and oxygen atoms in total. The Bertz CT molecular complexity index is 871. The van der Waals surface area contributed by atoms with Crippen molar-refractivity contribution in [1.29, 1.82) is 0 Å². The van der Waals surface area contributed by atoms with Crippen LogP contribution >= 0.6 is 0 Å². The lowest BCUT2D eigenvalue weighted by Gasteiger charge is -2.16. The Morgan fingerprint density at radius 3 is 2.83 bits per heavy atom. The van der Waals surface area contributed by atoms with E-state index in [2.05, 4.69) is 9.97 Å². The molecule has 116 valence electrons. The summed E-state index contributed by atoms with van der Waals surface area (Å²) in [4.78, 5) is 23.2. The Labute approximate surface area is 134 Å². The van der Waals surface area contributed by atoms with Gasteiger partial charge >= 0.3 is 0 Å². The van der Waals surface area contributed by atoms with E-state index in [0.717, 1.165) is 23.0 Å². The third-order valence-corrected chi connectivity index (χ3v) is 4.61. The zero-order chi connectivity index (χ0) is 16.0. The second-order valence-electron chi connectivity index (χ2n) is 6.09. The number of benzene rings is 1. The molecule has 1 aliphatic carbocycles. The molecule has 0 saturated heterocycles. The van der Waals surface area contributed by atoms with Gasteiger partial charge in [-0.1, -0.05) is 18.2 Å². The van der Waals surface area contributed by atoms with Crippen LogP contribution in [0.5, 0.6) is 0 Å². The number of imidazole rings is 1. The van der Waals surface area contributed by atoms with Crippen molar-refractivity contribution < 1.29 is 4.79 Å². The highest BCUT2D eigenvalue weighted by Gasteiger charge is 2.46. The highest BCUT2D eigenvalue weighted by atomic mass is 16.2. The first kappa shape index (κ1) is 13.9. The zero-order valence-electron chi connectivity index (χ0n) is 13.2. The molecule has 23 heavy (non-hydrogen) atoms. The fourth-order valence-electron chi connectivity index (χ4n) is 3.21. The van der Waals surface area contributed by atoms with Crippen LogP contribution in [0.4, 0.5) is 5.95 Å². The number of amides is 1. The van der Waals surface area contributed by atoms with Crippen LogP contribution in [0.1, 0.15) is 17.9 Å². The van der Waals surface area contributed by atoms with Gasteiger partial charge in [-0.15, -0.1) is 0 Å². The number of nitrogens with zero attached hydrogens (tertiary/aromatic N) is 4. The molecule has 0 unspecified atom stereocenters. The number of anilines is 1. The third kappa shape index (κ3) is 2.29. The van der Waals surface area contributed by atoms with E-state index >= 15 is 0 Å². The van der Waals surface area contributed by atoms with Crippen LogP contribution in [-0.2, 0) is 11.8 Å². The molecule has 0 spiro atoms. The fourth-order valence-corrected chi connectivity index (χ4v) is 3.21. The number of hydrogen-bond donors (Lipinski definition) is 0. The number of carbonyl (C=O) groups is 1. The fraction of sp³-hybridized carbons (Fsp3) is 0.278. The van der Waals surface area contributed by atoms with Crippen LogP contribution < -0.4 is 4.90 Å². The largest absolute Gasteiger partial charge is 0.313 e. The summed E-state index contributed by atoms with van der Waals surface area (Å²) in [6, 6.07) is 11.9. The maximum Gasteiger partial charge on any atom is 0.232 e. The van der Waals surface area contributed by atoms with Gasteiger partial charge in [0.1, 0.15) is 0 Å². The van der Waals surface area contributed by atoms with E-state index in [1.54, 1.807) is 11.1 Å². The molecule has 1 fully saturated rings. The van der Waals surface area contributed by atoms with Gasteiger partial charge in [-0.05, 0) is 36.1 Å². The molecule has 4 rings (SSSR count). The van der Waals surface area contributed by atoms with E-state index in [1.807, 2.05) is 61.3 Å². The molecule has 2 heterocycles. The summed E-state index contributed by atoms with van der Waals surface area (Å²) in [5.41, 5.74) is 3.08. The lowest BCUT2D eigenvalue weighted by atomic mass is 10.1. The second-order valence-corrected chi connectivity index (χ2v) is 6.09. The molecule has 0 N–H and O–H groups in total. The Morgan fingerprint density at radius 2 is 2.09 bits per heavy atom. The third-order valence-electron chi connectivity index (χ3n) is 4.61. The SMILES string of the molecule is CN(C(=O)[C@@H]1C[C@H]1c1cccnc1)c1nc2ccccc2n1C. The van der Waals surface area contributed by atoms with Crippen LogP contribution in [0.2, 0.25) is 0 Å². The van der Waals surface area contributed by atoms with Crippen molar-refractivity contribution in [1.82, 2.24) is 14.5 Å². The quantitative estimate of drug-likeness (QED) is 0.747. The monoisotopic (exact) mass is 306 g/mol. The van der Waals surface area contributed by atoms with Crippen LogP contribution in [-0.4, -0.2) is 27.5 Å². The number of fused-ring (bicyclic) bond motifs is 1. The molecular formula is C18H18N4O. The molecule has 0 bridgehead atoms. The van der Waals surface area contributed by atoms with Gasteiger partial charge in [0.2, 0.25) is 11.9 Å². The minimum Gasteiger partial charge on any atom is -0.313 e. The highest BCUT2D eigenvalue weighted by Crippen LogP contribution is 2.48. The van der Waals surface area contributed by atoms with Crippen molar-refractivity contribution in [2.45, 2.75) is 12.3 Å². The molecule has 0 aliphatic heterocycles. The highest BCUT2D eigenvalue weighted by molar-refractivity contribution is 5.97. The van der Waals surface area contributed by atoms with Crippen LogP contribution in [0.15, 0.2) is 48.8 Å². The normalized spacial score (nSPS) is 19.7. The Balaban J connectivity index is 1.58. The van der Waals surface area contributed by atoms with Crippen molar-refractivity contribution in [3.63, 3.8) is 0 Å². The molecule has 1 aliphatic rings. The van der Waals surface area contributed by atoms with Crippen LogP contribution in [0, 0.1) is 5.92 Å². The zero-order valence-corrected chi connectivity index (χ0v) is 13.2. The number of aryl methyl sites for hydroxylation is 1. The molecule has 1 saturated carbocycles. The number of rotatable bonds is 3. The Morgan fingerprint density at radius 1 is 1.26 bits per heavy atom. The lowest BCUT2D eigenvalue weighted by molar-refractivity contribution is -0.119. The Kier molecular flexibility index (Phi) is 3.15. The number of aromatic nitrogens is 3. The van der Waals surface area contributed by atoms with Crippen LogP contribution in [0.25, 0.3) is 11.0 Å². The minimum atomic E-state index is 0.0315. The topological polar surface area (TPSA) is 51.0 Å². The molecule has 2 atom stereocenters. The summed E-state index contributed by atoms with van der Waals surface area (Å²) in [7, 11) is 3.75. The maximum atomic E-state index is 12.8. The van der Waals surface area contributed by atoms with Gasteiger partial charge in [-0.3, -0.25) is 14.7 Å². The molecule has 1 amide bonds. The van der Waals surface area contributed by atoms with E-state index in [4.69, 9.17) is 0 Å². The van der Waals surface area contributed by atoms with Crippen molar-refractivity contribution in [3.05, 3.63) is 54.4 Å². The number of hydrogen-bond acceptors (Lipinski definition) is 3. The van der Waals surface area contributed by atoms with Crippen molar-refractivity contribution in [3.8, 4) is 0 Å². The van der Waals surface area contributed by atoms with Crippen molar-refractivity contribution >= 4 is 22.9 Å². The second kappa shape index (κ2) is 5.19. The summed E-state index contributed by atoms with van der Waals surface area (Å²) in [6.07, 6.45) is 4.50. The van der Waals surface area contributed by atoms with Gasteiger partial charge in [0.15, 0.2) is 0 Å². The van der Waals surface area contributed by atoms with Crippen molar-refractivity contribution in [2.24, 2.45) is 13.0 Å². The van der Waals surface area contributed by atoms with E-state index in [-0.39, 0.29) is 17.7 Å². The summed E-state index contributed by atoms with van der Waals surface area (Å²) in [6.45, 7) is 0. The molecular weight excluding hydrogens is 288 g/mol. The molecule has 1 aromatic carbocycles. The van der Waals surface area contributed by atoms with Gasteiger partial charge in [-0.25, -0.2) is 4.98 Å². The van der Waals surface area contributed by atoms with Crippen molar-refractivity contribution in [2.75, 3.05) is 11.9 Å². The minimum absolute atomic E-state index is 0.0315. The number of para-hydroxylation sites is 2. The maximum absolute atomic E-state index is 12.8. The van der Waals surface area contributed by atoms with Gasteiger partial charge in [-0.2, -0.15) is 0 Å². The predicted molar refractivity (Wildman–Crippen MR) is 89.2 cm³/mol. The predicted octanol–water partition coefficient (Wildman–Crippen LogP) is 2.73. The lowest BCUT2D eigenvalue weighted by Crippen LogP contribution is -2.30. The first-order chi connectivity index (χ1) is 11.2. The van der Waals surface area contributed by atoms with E-state index in [1.165, 1.54) is 0 Å². The first-order valence-electron chi connectivity index (χ1n) is 7.76. The summed E-state index contributed by atoms with van der Waals surface area (Å²) >= 11 is 0. The van der Waals surface area contributed by atoms with Crippen LogP contribution in [0.3, 0.4) is 0 Å². The van der Waals surface area contributed by atoms with Gasteiger partial charge in [0.05, 0.1) is 11.0 Å². The summed E-state index contributed by atoms with van der Waals surface area (Å²) in [5, 5.41) is 0. The summed E-state index contributed by atoms with van der Waals surface area (Å²) < 4.78 is 1.97. The molecule has 2 aromatic heterocycles. The average Bonchev–Trinajstić information content (AvgIpc) is 3.33. The molecule has 3 aromatic rings.